The molecule has 1 unspecified atom stereocenters. The van der Waals surface area contributed by atoms with Crippen molar-refractivity contribution in [3.63, 3.8) is 0 Å². The van der Waals surface area contributed by atoms with Gasteiger partial charge in [0.15, 0.2) is 0 Å². The van der Waals surface area contributed by atoms with E-state index in [4.69, 9.17) is 4.74 Å². The lowest BCUT2D eigenvalue weighted by atomic mass is 10.1. The van der Waals surface area contributed by atoms with Crippen LogP contribution in [0.25, 0.3) is 0 Å². The van der Waals surface area contributed by atoms with Crippen LogP contribution in [-0.4, -0.2) is 33.1 Å². The number of amides is 1. The van der Waals surface area contributed by atoms with Gasteiger partial charge in [0.05, 0.1) is 12.9 Å². The Morgan fingerprint density at radius 2 is 2.00 bits per heavy atom. The summed E-state index contributed by atoms with van der Waals surface area (Å²) in [5.41, 5.74) is 0.754. The van der Waals surface area contributed by atoms with E-state index in [1.807, 2.05) is 6.92 Å². The van der Waals surface area contributed by atoms with Crippen LogP contribution >= 0.6 is 0 Å². The van der Waals surface area contributed by atoms with E-state index >= 15 is 0 Å². The Morgan fingerprint density at radius 3 is 2.64 bits per heavy atom. The van der Waals surface area contributed by atoms with E-state index in [2.05, 4.69) is 10.3 Å². The zero-order valence-electron chi connectivity index (χ0n) is 14.4. The number of hydrogen-bond acceptors (Lipinski definition) is 5. The second-order valence-corrected chi connectivity index (χ2v) is 5.62. The van der Waals surface area contributed by atoms with Crippen molar-refractivity contribution in [2.75, 3.05) is 11.9 Å². The highest BCUT2D eigenvalue weighted by atomic mass is 16.5. The summed E-state index contributed by atoms with van der Waals surface area (Å²) < 4.78 is 6.74. The molecule has 2 N–H and O–H groups in total. The van der Waals surface area contributed by atoms with E-state index in [9.17, 15) is 14.7 Å². The number of nitrogens with one attached hydrogen (secondary N) is 1. The van der Waals surface area contributed by atoms with Crippen LogP contribution in [0.2, 0.25) is 0 Å². The summed E-state index contributed by atoms with van der Waals surface area (Å²) in [5.74, 6) is -0.586. The second kappa shape index (κ2) is 8.86. The molecule has 2 aromatic rings. The largest absolute Gasteiger partial charge is 0.508 e. The zero-order chi connectivity index (χ0) is 18.2. The quantitative estimate of drug-likeness (QED) is 0.566. The van der Waals surface area contributed by atoms with Gasteiger partial charge in [0, 0.05) is 11.9 Å². The van der Waals surface area contributed by atoms with Gasteiger partial charge >= 0.3 is 5.97 Å². The molecule has 0 aliphatic rings. The summed E-state index contributed by atoms with van der Waals surface area (Å²) in [7, 11) is 0. The Hall–Kier alpha value is -2.83. The molecule has 1 amide bonds. The number of imidazole rings is 1. The maximum Gasteiger partial charge on any atom is 0.329 e. The minimum Gasteiger partial charge on any atom is -0.508 e. The van der Waals surface area contributed by atoms with Crippen molar-refractivity contribution < 1.29 is 19.4 Å². The number of phenolic OH excluding ortho intramolecular Hbond substituents is 1. The van der Waals surface area contributed by atoms with E-state index in [1.54, 1.807) is 29.8 Å². The molecule has 0 fully saturated rings. The molecule has 7 nitrogen and oxygen atoms in total. The van der Waals surface area contributed by atoms with Crippen LogP contribution < -0.4 is 5.32 Å². The number of nitrogens with zero attached hydrogens (tertiary/aromatic N) is 2. The number of aromatic nitrogens is 2. The third-order valence-electron chi connectivity index (χ3n) is 3.71. The van der Waals surface area contributed by atoms with E-state index in [-0.39, 0.29) is 23.3 Å². The molecule has 2 rings (SSSR count). The van der Waals surface area contributed by atoms with Crippen LogP contribution in [0.3, 0.4) is 0 Å². The number of ether oxygens (including phenoxy) is 1. The minimum absolute atomic E-state index is 0.121. The van der Waals surface area contributed by atoms with Crippen LogP contribution in [0.5, 0.6) is 5.75 Å². The Bertz CT molecular complexity index is 709. The first-order valence-corrected chi connectivity index (χ1v) is 8.35. The number of carbonyl (C=O) groups excluding carboxylic acids is 2. The second-order valence-electron chi connectivity index (χ2n) is 5.62. The first-order chi connectivity index (χ1) is 12.0. The monoisotopic (exact) mass is 345 g/mol. The predicted octanol–water partition coefficient (Wildman–Crippen LogP) is 3.14. The van der Waals surface area contributed by atoms with Gasteiger partial charge in [-0.2, -0.15) is 0 Å². The van der Waals surface area contributed by atoms with E-state index in [1.165, 1.54) is 18.5 Å². The van der Waals surface area contributed by atoms with Crippen molar-refractivity contribution in [1.82, 2.24) is 9.55 Å². The summed E-state index contributed by atoms with van der Waals surface area (Å²) >= 11 is 0. The van der Waals surface area contributed by atoms with Crippen LogP contribution in [0.15, 0.2) is 36.8 Å². The molecular weight excluding hydrogens is 322 g/mol. The van der Waals surface area contributed by atoms with Crippen molar-refractivity contribution in [3.05, 3.63) is 42.5 Å². The van der Waals surface area contributed by atoms with Gasteiger partial charge in [-0.15, -0.1) is 0 Å². The summed E-state index contributed by atoms with van der Waals surface area (Å²) in [6.07, 6.45) is 5.48. The fraction of sp³-hybridized carbons (Fsp3) is 0.389. The van der Waals surface area contributed by atoms with Gasteiger partial charge < -0.3 is 19.7 Å². The first-order valence-electron chi connectivity index (χ1n) is 8.35. The molecule has 1 aromatic heterocycles. The maximum atomic E-state index is 12.3. The van der Waals surface area contributed by atoms with Gasteiger partial charge in [0.2, 0.25) is 0 Å². The lowest BCUT2D eigenvalue weighted by Crippen LogP contribution is -2.21. The van der Waals surface area contributed by atoms with Crippen LogP contribution in [0.1, 0.15) is 49.6 Å². The Balaban J connectivity index is 2.11. The number of carbonyl (C=O) groups is 2. The number of rotatable bonds is 8. The van der Waals surface area contributed by atoms with E-state index < -0.39 is 6.04 Å². The van der Waals surface area contributed by atoms with Crippen LogP contribution in [0, 0.1) is 0 Å². The summed E-state index contributed by atoms with van der Waals surface area (Å²) in [6.45, 7) is 4.12. The molecule has 25 heavy (non-hydrogen) atoms. The smallest absolute Gasteiger partial charge is 0.329 e. The molecule has 7 heteroatoms. The molecule has 134 valence electrons. The lowest BCUT2D eigenvalue weighted by Gasteiger charge is -2.16. The Labute approximate surface area is 146 Å². The third-order valence-corrected chi connectivity index (χ3v) is 3.71. The zero-order valence-corrected chi connectivity index (χ0v) is 14.4. The van der Waals surface area contributed by atoms with Crippen molar-refractivity contribution >= 4 is 17.6 Å². The summed E-state index contributed by atoms with van der Waals surface area (Å²) in [4.78, 5) is 28.5. The molecule has 0 saturated heterocycles. The highest BCUT2D eigenvalue weighted by molar-refractivity contribution is 6.02. The van der Waals surface area contributed by atoms with Crippen LogP contribution in [-0.2, 0) is 9.53 Å². The van der Waals surface area contributed by atoms with Crippen molar-refractivity contribution in [2.45, 2.75) is 39.2 Å². The number of aromatic hydroxyl groups is 1. The molecule has 0 spiro atoms. The molecule has 1 aromatic carbocycles. The fourth-order valence-corrected chi connectivity index (χ4v) is 2.39. The number of phenols is 1. The van der Waals surface area contributed by atoms with Crippen molar-refractivity contribution in [1.29, 1.82) is 0 Å². The molecular formula is C18H23N3O4. The van der Waals surface area contributed by atoms with Gasteiger partial charge in [0.1, 0.15) is 17.5 Å². The fourth-order valence-electron chi connectivity index (χ4n) is 2.39. The van der Waals surface area contributed by atoms with E-state index in [0.717, 1.165) is 12.8 Å². The molecule has 0 bridgehead atoms. The average Bonchev–Trinajstić information content (AvgIpc) is 3.07. The van der Waals surface area contributed by atoms with Crippen molar-refractivity contribution in [3.8, 4) is 5.75 Å². The normalized spacial score (nSPS) is 11.8. The van der Waals surface area contributed by atoms with Crippen molar-refractivity contribution in [2.24, 2.45) is 0 Å². The van der Waals surface area contributed by atoms with Gasteiger partial charge in [-0.1, -0.05) is 19.8 Å². The number of unbranched alkanes of at least 4 members (excludes halogenated alkanes) is 1. The standard InChI is InChI=1S/C18H23N3O4/c1-3-5-6-16(18(24)25-4-2)21-11-15(19-12-21)17(23)20-13-7-9-14(22)10-8-13/h7-12,16,22H,3-6H2,1-2H3,(H,20,23). The minimum atomic E-state index is -0.484. The highest BCUT2D eigenvalue weighted by Crippen LogP contribution is 2.19. The average molecular weight is 345 g/mol. The first kappa shape index (κ1) is 18.5. The van der Waals surface area contributed by atoms with Gasteiger partial charge in [-0.3, -0.25) is 4.79 Å². The number of benzene rings is 1. The predicted molar refractivity (Wildman–Crippen MR) is 93.5 cm³/mol. The highest BCUT2D eigenvalue weighted by Gasteiger charge is 2.22. The maximum absolute atomic E-state index is 12.3. The molecule has 1 atom stereocenters. The number of anilines is 1. The van der Waals surface area contributed by atoms with Gasteiger partial charge in [-0.05, 0) is 37.6 Å². The summed E-state index contributed by atoms with van der Waals surface area (Å²) in [5, 5.41) is 12.0. The number of hydrogen-bond donors (Lipinski definition) is 2. The Kier molecular flexibility index (Phi) is 6.56. The molecule has 0 aliphatic heterocycles. The number of esters is 1. The molecule has 1 heterocycles. The van der Waals surface area contributed by atoms with E-state index in [0.29, 0.717) is 18.7 Å². The molecule has 0 radical (unpaired) electrons. The molecule has 0 aliphatic carbocycles. The third kappa shape index (κ3) is 5.07. The van der Waals surface area contributed by atoms with Gasteiger partial charge in [0.25, 0.3) is 5.91 Å². The lowest BCUT2D eigenvalue weighted by molar-refractivity contribution is -0.147. The SMILES string of the molecule is CCCCC(C(=O)OCC)n1cnc(C(=O)Nc2ccc(O)cc2)c1. The molecule has 0 saturated carbocycles. The Morgan fingerprint density at radius 1 is 1.28 bits per heavy atom. The topological polar surface area (TPSA) is 93.5 Å². The van der Waals surface area contributed by atoms with Crippen LogP contribution in [0.4, 0.5) is 5.69 Å². The summed E-state index contributed by atoms with van der Waals surface area (Å²) in [6, 6.07) is 5.66. The van der Waals surface area contributed by atoms with Gasteiger partial charge in [-0.25, -0.2) is 9.78 Å².